The maximum atomic E-state index is 9.99. The summed E-state index contributed by atoms with van der Waals surface area (Å²) in [5.41, 5.74) is -1.22. The smallest absolute Gasteiger partial charge is 0.545 e. The van der Waals surface area contributed by atoms with Gasteiger partial charge in [0.1, 0.15) is 0 Å². The Hall–Kier alpha value is -2.80. The predicted molar refractivity (Wildman–Crippen MR) is 93.4 cm³/mol. The molecule has 0 unspecified atom stereocenters. The molecule has 0 amide bonds. The molecule has 0 fully saturated rings. The van der Waals surface area contributed by atoms with Crippen molar-refractivity contribution in [2.75, 3.05) is 0 Å². The van der Waals surface area contributed by atoms with Crippen LogP contribution in [0.4, 0.5) is 0 Å². The molecule has 8 nitrogen and oxygen atoms in total. The van der Waals surface area contributed by atoms with E-state index in [0.717, 1.165) is 27.7 Å². The van der Waals surface area contributed by atoms with Gasteiger partial charge in [-0.1, -0.05) is 36.5 Å². The van der Waals surface area contributed by atoms with Crippen molar-refractivity contribution in [3.8, 4) is 0 Å². The van der Waals surface area contributed by atoms with Gasteiger partial charge in [-0.15, -0.1) is 0 Å². The van der Waals surface area contributed by atoms with E-state index >= 15 is 0 Å². The average Bonchev–Trinajstić information content (AvgIpc) is 2.59. The minimum Gasteiger partial charge on any atom is -0.545 e. The molecule has 1 rings (SSSR count). The minimum atomic E-state index is -1.48. The second kappa shape index (κ2) is 17.3. The first-order valence-electron chi connectivity index (χ1n) is 8.12. The summed E-state index contributed by atoms with van der Waals surface area (Å²) < 4.78 is 0. The van der Waals surface area contributed by atoms with Crippen molar-refractivity contribution < 1.29 is 59.1 Å². The van der Waals surface area contributed by atoms with Gasteiger partial charge in [0, 0.05) is 0 Å². The molecule has 0 aromatic carbocycles. The van der Waals surface area contributed by atoms with E-state index in [1.807, 2.05) is 0 Å². The molecule has 0 bridgehead atoms. The zero-order valence-electron chi connectivity index (χ0n) is 16.5. The fourth-order valence-corrected chi connectivity index (χ4v) is 1.28. The van der Waals surface area contributed by atoms with Gasteiger partial charge in [-0.05, 0) is 62.8 Å². The summed E-state index contributed by atoms with van der Waals surface area (Å²) in [6.45, 7) is 4.61. The largest absolute Gasteiger partial charge is 4.00 e. The minimum absolute atomic E-state index is 0. The van der Waals surface area contributed by atoms with Crippen LogP contribution in [0.15, 0.2) is 58.7 Å². The zero-order chi connectivity index (χ0) is 22.3. The molecule has 29 heavy (non-hydrogen) atoms. The molecular weight excluding hydrogens is 469 g/mol. The SMILES string of the molecule is C/C(C(=O)[O-])=C(/C)C(=O)[O-].C/C(C(=O)[O-])=C(/C)C(=O)[O-].C1=C\C=C/CC\C=C/1.[Ru+4]. The van der Waals surface area contributed by atoms with Crippen molar-refractivity contribution in [3.63, 3.8) is 0 Å². The van der Waals surface area contributed by atoms with E-state index in [-0.39, 0.29) is 41.8 Å². The van der Waals surface area contributed by atoms with Crippen LogP contribution < -0.4 is 20.4 Å². The van der Waals surface area contributed by atoms with Crippen LogP contribution in [0.2, 0.25) is 0 Å². The third kappa shape index (κ3) is 15.9. The number of hydrogen-bond acceptors (Lipinski definition) is 8. The van der Waals surface area contributed by atoms with E-state index in [1.165, 1.54) is 12.8 Å². The Morgan fingerprint density at radius 1 is 0.517 bits per heavy atom. The summed E-state index contributed by atoms with van der Waals surface area (Å²) in [5, 5.41) is 39.9. The average molecular weight is 491 g/mol. The van der Waals surface area contributed by atoms with Gasteiger partial charge in [0.15, 0.2) is 0 Å². The molecule has 0 N–H and O–H groups in total. The number of carboxylic acids is 4. The molecular formula is C20H22O8Ru. The van der Waals surface area contributed by atoms with Crippen molar-refractivity contribution in [2.24, 2.45) is 0 Å². The van der Waals surface area contributed by atoms with Crippen molar-refractivity contribution in [1.82, 2.24) is 0 Å². The Balaban J connectivity index is -0.000000345. The number of carboxylic acid groups (broad SMARTS) is 4. The third-order valence-corrected chi connectivity index (χ3v) is 3.46. The Labute approximate surface area is 182 Å². The normalized spacial score (nSPS) is 16.7. The second-order valence-electron chi connectivity index (χ2n) is 5.47. The van der Waals surface area contributed by atoms with Crippen LogP contribution >= 0.6 is 0 Å². The quantitative estimate of drug-likeness (QED) is 0.325. The molecule has 0 saturated heterocycles. The van der Waals surface area contributed by atoms with E-state index in [0.29, 0.717) is 0 Å². The van der Waals surface area contributed by atoms with Crippen LogP contribution in [0.25, 0.3) is 0 Å². The molecule has 0 aliphatic heterocycles. The third-order valence-electron chi connectivity index (χ3n) is 3.46. The van der Waals surface area contributed by atoms with Gasteiger partial charge in [-0.2, -0.15) is 0 Å². The Kier molecular flexibility index (Phi) is 18.5. The predicted octanol–water partition coefficient (Wildman–Crippen LogP) is -1.91. The van der Waals surface area contributed by atoms with Gasteiger partial charge in [0.2, 0.25) is 0 Å². The molecule has 0 saturated carbocycles. The van der Waals surface area contributed by atoms with Crippen LogP contribution in [0.1, 0.15) is 40.5 Å². The molecule has 158 valence electrons. The Morgan fingerprint density at radius 3 is 0.897 bits per heavy atom. The first-order chi connectivity index (χ1) is 12.9. The molecule has 1 aliphatic rings. The molecule has 0 radical (unpaired) electrons. The number of carbonyl (C=O) groups is 4. The van der Waals surface area contributed by atoms with Gasteiger partial charge in [-0.3, -0.25) is 0 Å². The van der Waals surface area contributed by atoms with E-state index in [4.69, 9.17) is 0 Å². The Bertz CT molecular complexity index is 634. The summed E-state index contributed by atoms with van der Waals surface area (Å²) in [5.74, 6) is -5.94. The van der Waals surface area contributed by atoms with Crippen molar-refractivity contribution in [3.05, 3.63) is 58.7 Å². The van der Waals surface area contributed by atoms with Gasteiger partial charge in [-0.25, -0.2) is 0 Å². The topological polar surface area (TPSA) is 161 Å². The summed E-state index contributed by atoms with van der Waals surface area (Å²) >= 11 is 0. The van der Waals surface area contributed by atoms with Gasteiger partial charge in [0.05, 0.1) is 23.9 Å². The van der Waals surface area contributed by atoms with Crippen molar-refractivity contribution >= 4 is 23.9 Å². The van der Waals surface area contributed by atoms with Crippen molar-refractivity contribution in [1.29, 1.82) is 0 Å². The van der Waals surface area contributed by atoms with Crippen LogP contribution in [-0.4, -0.2) is 23.9 Å². The van der Waals surface area contributed by atoms with E-state index in [1.54, 1.807) is 0 Å². The van der Waals surface area contributed by atoms with Gasteiger partial charge >= 0.3 is 19.5 Å². The zero-order valence-corrected chi connectivity index (χ0v) is 18.2. The summed E-state index contributed by atoms with van der Waals surface area (Å²) in [7, 11) is 0. The molecule has 0 atom stereocenters. The summed E-state index contributed by atoms with van der Waals surface area (Å²) in [6, 6.07) is 0. The van der Waals surface area contributed by atoms with E-state index in [9.17, 15) is 39.6 Å². The number of carbonyl (C=O) groups excluding carboxylic acids is 4. The number of allylic oxidation sites excluding steroid dienone is 6. The first kappa shape index (κ1) is 30.9. The summed E-state index contributed by atoms with van der Waals surface area (Å²) in [6.07, 6.45) is 15.0. The van der Waals surface area contributed by atoms with Crippen LogP contribution in [0, 0.1) is 0 Å². The van der Waals surface area contributed by atoms with Crippen LogP contribution in [0.3, 0.4) is 0 Å². The number of hydrogen-bond donors (Lipinski definition) is 0. The Morgan fingerprint density at radius 2 is 0.724 bits per heavy atom. The van der Waals surface area contributed by atoms with Gasteiger partial charge in [0.25, 0.3) is 0 Å². The van der Waals surface area contributed by atoms with Gasteiger partial charge < -0.3 is 39.6 Å². The molecule has 1 aliphatic carbocycles. The molecule has 0 spiro atoms. The van der Waals surface area contributed by atoms with Crippen LogP contribution in [0.5, 0.6) is 0 Å². The van der Waals surface area contributed by atoms with Crippen molar-refractivity contribution in [2.45, 2.75) is 40.5 Å². The monoisotopic (exact) mass is 492 g/mol. The van der Waals surface area contributed by atoms with E-state index in [2.05, 4.69) is 36.5 Å². The molecule has 0 aromatic heterocycles. The fraction of sp³-hybridized carbons (Fsp3) is 0.300. The fourth-order valence-electron chi connectivity index (χ4n) is 1.28. The maximum absolute atomic E-state index is 9.99. The number of rotatable bonds is 4. The molecule has 0 heterocycles. The molecule has 9 heteroatoms. The van der Waals surface area contributed by atoms with E-state index < -0.39 is 23.9 Å². The maximum Gasteiger partial charge on any atom is 4.00 e. The molecule has 0 aromatic rings. The summed E-state index contributed by atoms with van der Waals surface area (Å²) in [4.78, 5) is 39.9. The standard InChI is InChI=1S/C8H10.2C6H8O4.Ru/c1-2-4-6-8-7-5-3-1;2*1-3(5(7)8)4(2)6(9)10;/h1-6H,7-8H2;2*1-2H3,(H,7,8)(H,9,10);/q;;;+4/p-4/b2-1-,5-3-,6-4-;2*4-3+;. The second-order valence-corrected chi connectivity index (χ2v) is 5.47. The van der Waals surface area contributed by atoms with Crippen LogP contribution in [-0.2, 0) is 38.7 Å². The first-order valence-corrected chi connectivity index (χ1v) is 8.12. The number of aliphatic carboxylic acids is 4.